The third kappa shape index (κ3) is 2.75. The van der Waals surface area contributed by atoms with Gasteiger partial charge in [-0.05, 0) is 32.1 Å². The van der Waals surface area contributed by atoms with Gasteiger partial charge in [0.2, 0.25) is 9.84 Å². The van der Waals surface area contributed by atoms with Gasteiger partial charge in [-0.25, -0.2) is 17.2 Å². The molecule has 0 aromatic heterocycles. The molecule has 1 heterocycles. The lowest BCUT2D eigenvalue weighted by atomic mass is 10.1. The van der Waals surface area contributed by atoms with Gasteiger partial charge >= 0.3 is 0 Å². The van der Waals surface area contributed by atoms with E-state index >= 15 is 0 Å². The summed E-state index contributed by atoms with van der Waals surface area (Å²) in [7, 11) is -4.53. The fourth-order valence-electron chi connectivity index (χ4n) is 1.74. The Morgan fingerprint density at radius 3 is 2.19 bits per heavy atom. The highest BCUT2D eigenvalue weighted by molar-refractivity contribution is 7.98. The Morgan fingerprint density at radius 2 is 1.76 bits per heavy atom. The van der Waals surface area contributed by atoms with E-state index in [1.54, 1.807) is 13.8 Å². The summed E-state index contributed by atoms with van der Waals surface area (Å²) in [6.07, 6.45) is 1.21. The summed E-state index contributed by atoms with van der Waals surface area (Å²) in [5.41, 5.74) is 0.273. The van der Waals surface area contributed by atoms with Crippen LogP contribution in [-0.2, 0) is 18.3 Å². The molecule has 1 aliphatic rings. The number of hydrogen-bond donors (Lipinski definition) is 1. The fourth-order valence-corrected chi connectivity index (χ4v) is 3.93. The first-order valence-corrected chi connectivity index (χ1v) is 7.97. The second-order valence-electron chi connectivity index (χ2n) is 4.93. The van der Waals surface area contributed by atoms with Crippen LogP contribution in [0.15, 0.2) is 29.3 Å². The van der Waals surface area contributed by atoms with Crippen molar-refractivity contribution in [2.75, 3.05) is 0 Å². The van der Waals surface area contributed by atoms with E-state index in [4.69, 9.17) is 28.0 Å². The molecule has 0 saturated carbocycles. The lowest BCUT2D eigenvalue weighted by Crippen LogP contribution is -2.31. The van der Waals surface area contributed by atoms with Crippen LogP contribution in [0.2, 0.25) is 0 Å². The molecular weight excluding hydrogens is 347 g/mol. The van der Waals surface area contributed by atoms with E-state index in [2.05, 4.69) is 5.48 Å². The van der Waals surface area contributed by atoms with Gasteiger partial charge in [0, 0.05) is 0 Å². The summed E-state index contributed by atoms with van der Waals surface area (Å²) in [5.74, 6) is -2.33. The quantitative estimate of drug-likeness (QED) is 0.844. The molecule has 0 bridgehead atoms. The average Bonchev–Trinajstić information content (AvgIpc) is 2.69. The van der Waals surface area contributed by atoms with E-state index in [9.17, 15) is 17.2 Å². The van der Waals surface area contributed by atoms with Gasteiger partial charge in [0.15, 0.2) is 5.03 Å². The van der Waals surface area contributed by atoms with Crippen molar-refractivity contribution in [1.82, 2.24) is 5.48 Å². The predicted octanol–water partition coefficient (Wildman–Crippen LogP) is 3.12. The molecule has 9 heteroatoms. The molecule has 1 aromatic rings. The topological polar surface area (TPSA) is 55.4 Å². The van der Waals surface area contributed by atoms with Crippen LogP contribution in [0.3, 0.4) is 0 Å². The summed E-state index contributed by atoms with van der Waals surface area (Å²) in [5, 5.41) is -0.458. The van der Waals surface area contributed by atoms with Crippen molar-refractivity contribution in [3.63, 3.8) is 0 Å². The van der Waals surface area contributed by atoms with Gasteiger partial charge in [0.05, 0.1) is 5.56 Å². The van der Waals surface area contributed by atoms with E-state index in [1.165, 1.54) is 6.08 Å². The highest BCUT2D eigenvalue weighted by Crippen LogP contribution is 2.45. The van der Waals surface area contributed by atoms with Crippen molar-refractivity contribution >= 4 is 33.0 Å². The standard InChI is InChI=1S/C12H11Cl2F2NO3S/c1-11(2)6-9(17-20-11)21(18,19)12(13,14)10-7(15)4-3-5-8(10)16/h3-6,17H,1-2H3. The molecule has 1 aliphatic heterocycles. The molecule has 2 rings (SSSR count). The Hall–Kier alpha value is -0.890. The fraction of sp³-hybridized carbons (Fsp3) is 0.333. The maximum Gasteiger partial charge on any atom is 0.254 e. The molecule has 1 aromatic carbocycles. The highest BCUT2D eigenvalue weighted by Gasteiger charge is 2.50. The van der Waals surface area contributed by atoms with Crippen molar-refractivity contribution in [2.24, 2.45) is 0 Å². The first-order valence-electron chi connectivity index (χ1n) is 5.73. The second kappa shape index (κ2) is 5.08. The van der Waals surface area contributed by atoms with Crippen molar-refractivity contribution in [3.8, 4) is 0 Å². The monoisotopic (exact) mass is 357 g/mol. The van der Waals surface area contributed by atoms with Crippen LogP contribution in [0, 0.1) is 11.6 Å². The Labute approximate surface area is 130 Å². The molecule has 1 N–H and O–H groups in total. The number of nitrogens with one attached hydrogen (secondary N) is 1. The molecule has 0 amide bonds. The molecule has 116 valence electrons. The second-order valence-corrected chi connectivity index (χ2v) is 8.77. The molecule has 0 atom stereocenters. The van der Waals surface area contributed by atoms with E-state index in [1.807, 2.05) is 0 Å². The van der Waals surface area contributed by atoms with Gasteiger partial charge < -0.3 is 0 Å². The van der Waals surface area contributed by atoms with E-state index in [0.717, 1.165) is 18.2 Å². The number of benzene rings is 1. The molecule has 0 spiro atoms. The zero-order valence-corrected chi connectivity index (χ0v) is 13.3. The molecule has 21 heavy (non-hydrogen) atoms. The van der Waals surface area contributed by atoms with E-state index in [0.29, 0.717) is 0 Å². The number of sulfone groups is 1. The Kier molecular flexibility index (Phi) is 3.99. The Bertz CT molecular complexity index is 697. The maximum atomic E-state index is 13.8. The third-order valence-electron chi connectivity index (χ3n) is 2.77. The summed E-state index contributed by atoms with van der Waals surface area (Å²) in [6.45, 7) is 3.16. The van der Waals surface area contributed by atoms with Crippen LogP contribution in [0.1, 0.15) is 19.4 Å². The van der Waals surface area contributed by atoms with Crippen molar-refractivity contribution < 1.29 is 22.0 Å². The van der Waals surface area contributed by atoms with Crippen molar-refractivity contribution in [3.05, 3.63) is 46.5 Å². The first kappa shape index (κ1) is 16.5. The SMILES string of the molecule is CC1(C)C=C(S(=O)(=O)C(Cl)(Cl)c2c(F)cccc2F)NO1. The molecule has 0 radical (unpaired) electrons. The van der Waals surface area contributed by atoms with Gasteiger partial charge in [0.1, 0.15) is 17.2 Å². The van der Waals surface area contributed by atoms with Crippen molar-refractivity contribution in [2.45, 2.75) is 23.1 Å². The minimum Gasteiger partial charge on any atom is -0.265 e. The molecular formula is C12H11Cl2F2NO3S. The maximum absolute atomic E-state index is 13.8. The van der Waals surface area contributed by atoms with Crippen LogP contribution >= 0.6 is 23.2 Å². The van der Waals surface area contributed by atoms with Crippen molar-refractivity contribution in [1.29, 1.82) is 0 Å². The smallest absolute Gasteiger partial charge is 0.254 e. The largest absolute Gasteiger partial charge is 0.265 e. The third-order valence-corrected chi connectivity index (χ3v) is 6.03. The normalized spacial score (nSPS) is 18.3. The first-order chi connectivity index (χ1) is 9.49. The lowest BCUT2D eigenvalue weighted by molar-refractivity contribution is -0.0130. The van der Waals surface area contributed by atoms with Crippen LogP contribution in [0.5, 0.6) is 0 Å². The van der Waals surface area contributed by atoms with Gasteiger partial charge in [-0.15, -0.1) is 0 Å². The van der Waals surface area contributed by atoms with Gasteiger partial charge in [0.25, 0.3) is 3.67 Å². The minimum atomic E-state index is -4.53. The van der Waals surface area contributed by atoms with Gasteiger partial charge in [-0.1, -0.05) is 29.3 Å². The van der Waals surface area contributed by atoms with Crippen LogP contribution in [-0.4, -0.2) is 14.0 Å². The number of rotatable bonds is 3. The highest BCUT2D eigenvalue weighted by atomic mass is 35.5. The van der Waals surface area contributed by atoms with E-state index in [-0.39, 0.29) is 0 Å². The zero-order valence-electron chi connectivity index (χ0n) is 11.0. The van der Waals surface area contributed by atoms with Crippen LogP contribution in [0.4, 0.5) is 8.78 Å². The predicted molar refractivity (Wildman–Crippen MR) is 75.0 cm³/mol. The molecule has 0 fully saturated rings. The Morgan fingerprint density at radius 1 is 1.24 bits per heavy atom. The summed E-state index contributed by atoms with van der Waals surface area (Å²) in [6, 6.07) is 2.80. The number of hydrogen-bond acceptors (Lipinski definition) is 4. The van der Waals surface area contributed by atoms with Crippen LogP contribution < -0.4 is 5.48 Å². The molecule has 4 nitrogen and oxygen atoms in total. The summed E-state index contributed by atoms with van der Waals surface area (Å²) >= 11 is 11.6. The van der Waals surface area contributed by atoms with Crippen LogP contribution in [0.25, 0.3) is 0 Å². The van der Waals surface area contributed by atoms with E-state index < -0.39 is 41.3 Å². The zero-order chi connectivity index (χ0) is 16.1. The summed E-state index contributed by atoms with van der Waals surface area (Å²) < 4.78 is 49.6. The molecule has 0 saturated heterocycles. The number of hydroxylamine groups is 1. The minimum absolute atomic E-state index is 0.458. The lowest BCUT2D eigenvalue weighted by Gasteiger charge is -2.21. The van der Waals surface area contributed by atoms with Gasteiger partial charge in [-0.3, -0.25) is 10.3 Å². The molecule has 0 unspecified atom stereocenters. The average molecular weight is 358 g/mol. The number of alkyl halides is 2. The molecule has 0 aliphatic carbocycles. The summed E-state index contributed by atoms with van der Waals surface area (Å²) in [4.78, 5) is 5.00. The Balaban J connectivity index is 2.59. The number of halogens is 4. The van der Waals surface area contributed by atoms with Gasteiger partial charge in [-0.2, -0.15) is 0 Å².